The van der Waals surface area contributed by atoms with Gasteiger partial charge in [-0.1, -0.05) is 17.7 Å². The van der Waals surface area contributed by atoms with E-state index < -0.39 is 5.82 Å². The van der Waals surface area contributed by atoms with Crippen LogP contribution in [0.15, 0.2) is 41.5 Å². The lowest BCUT2D eigenvalue weighted by molar-refractivity contribution is 0.618. The molecule has 0 atom stereocenters. The minimum absolute atomic E-state index is 0.288. The van der Waals surface area contributed by atoms with Crippen molar-refractivity contribution in [3.8, 4) is 5.69 Å². The van der Waals surface area contributed by atoms with Crippen LogP contribution in [-0.2, 0) is 6.42 Å². The first-order chi connectivity index (χ1) is 11.1. The SMILES string of the molecule is O=c1c2c(Cl)cccc2nc(CC2CC2)n1-c1cncc(F)c1. The lowest BCUT2D eigenvalue weighted by atomic mass is 10.2. The van der Waals surface area contributed by atoms with Crippen LogP contribution in [0.1, 0.15) is 18.7 Å². The predicted octanol–water partition coefficient (Wildman–Crippen LogP) is 3.53. The minimum Gasteiger partial charge on any atom is -0.268 e. The van der Waals surface area contributed by atoms with E-state index in [2.05, 4.69) is 9.97 Å². The van der Waals surface area contributed by atoms with E-state index in [0.29, 0.717) is 39.8 Å². The molecule has 116 valence electrons. The van der Waals surface area contributed by atoms with Crippen molar-refractivity contribution in [1.29, 1.82) is 0 Å². The largest absolute Gasteiger partial charge is 0.268 e. The zero-order valence-electron chi connectivity index (χ0n) is 12.2. The van der Waals surface area contributed by atoms with Crippen LogP contribution in [0.4, 0.5) is 4.39 Å². The molecule has 0 bridgehead atoms. The molecule has 23 heavy (non-hydrogen) atoms. The van der Waals surface area contributed by atoms with E-state index in [4.69, 9.17) is 11.6 Å². The summed E-state index contributed by atoms with van der Waals surface area (Å²) < 4.78 is 15.0. The number of rotatable bonds is 3. The van der Waals surface area contributed by atoms with Gasteiger partial charge < -0.3 is 0 Å². The molecule has 1 aromatic carbocycles. The number of aromatic nitrogens is 3. The fourth-order valence-corrected chi connectivity index (χ4v) is 2.99. The first-order valence-electron chi connectivity index (χ1n) is 7.44. The fourth-order valence-electron chi connectivity index (χ4n) is 2.74. The van der Waals surface area contributed by atoms with Crippen molar-refractivity contribution in [2.45, 2.75) is 19.3 Å². The molecule has 6 heteroatoms. The third-order valence-corrected chi connectivity index (χ3v) is 4.35. The molecular formula is C17H13ClFN3O. The Kier molecular flexibility index (Phi) is 3.38. The van der Waals surface area contributed by atoms with Crippen LogP contribution in [0.25, 0.3) is 16.6 Å². The first kappa shape index (κ1) is 14.3. The maximum atomic E-state index is 13.6. The minimum atomic E-state index is -0.494. The van der Waals surface area contributed by atoms with Crippen LogP contribution >= 0.6 is 11.6 Å². The van der Waals surface area contributed by atoms with Crippen LogP contribution in [0, 0.1) is 11.7 Å². The van der Waals surface area contributed by atoms with Gasteiger partial charge in [0.05, 0.1) is 34.0 Å². The van der Waals surface area contributed by atoms with Crippen molar-refractivity contribution in [2.75, 3.05) is 0 Å². The van der Waals surface area contributed by atoms with Gasteiger partial charge in [0.2, 0.25) is 0 Å². The van der Waals surface area contributed by atoms with Crippen molar-refractivity contribution in [3.05, 3.63) is 63.7 Å². The highest BCUT2D eigenvalue weighted by Gasteiger charge is 2.25. The molecule has 0 N–H and O–H groups in total. The van der Waals surface area contributed by atoms with E-state index >= 15 is 0 Å². The Morgan fingerprint density at radius 1 is 1.30 bits per heavy atom. The van der Waals surface area contributed by atoms with Gasteiger partial charge in [0, 0.05) is 12.5 Å². The maximum absolute atomic E-state index is 13.6. The Bertz CT molecular complexity index is 966. The lowest BCUT2D eigenvalue weighted by Crippen LogP contribution is -2.24. The number of benzene rings is 1. The second-order valence-electron chi connectivity index (χ2n) is 5.81. The zero-order chi connectivity index (χ0) is 16.0. The molecule has 4 rings (SSSR count). The van der Waals surface area contributed by atoms with Crippen LogP contribution in [0.2, 0.25) is 5.02 Å². The van der Waals surface area contributed by atoms with Gasteiger partial charge in [-0.2, -0.15) is 0 Å². The zero-order valence-corrected chi connectivity index (χ0v) is 12.9. The Hall–Kier alpha value is -2.27. The normalized spacial score (nSPS) is 14.3. The van der Waals surface area contributed by atoms with E-state index in [9.17, 15) is 9.18 Å². The molecule has 0 saturated heterocycles. The van der Waals surface area contributed by atoms with Crippen molar-refractivity contribution in [1.82, 2.24) is 14.5 Å². The molecule has 2 heterocycles. The first-order valence-corrected chi connectivity index (χ1v) is 7.82. The second-order valence-corrected chi connectivity index (χ2v) is 6.22. The van der Waals surface area contributed by atoms with E-state index in [-0.39, 0.29) is 5.56 Å². The summed E-state index contributed by atoms with van der Waals surface area (Å²) >= 11 is 6.18. The van der Waals surface area contributed by atoms with Crippen molar-refractivity contribution >= 4 is 22.5 Å². The summed E-state index contributed by atoms with van der Waals surface area (Å²) in [5.74, 6) is 0.664. The molecule has 0 unspecified atom stereocenters. The summed E-state index contributed by atoms with van der Waals surface area (Å²) in [6, 6.07) is 6.48. The van der Waals surface area contributed by atoms with Crippen LogP contribution in [0.5, 0.6) is 0 Å². The maximum Gasteiger partial charge on any atom is 0.267 e. The summed E-state index contributed by atoms with van der Waals surface area (Å²) in [4.78, 5) is 21.4. The number of nitrogens with zero attached hydrogens (tertiary/aromatic N) is 3. The average Bonchev–Trinajstić information content (AvgIpc) is 3.31. The highest BCUT2D eigenvalue weighted by Crippen LogP contribution is 2.33. The molecule has 1 fully saturated rings. The number of pyridine rings is 1. The number of halogens is 2. The average molecular weight is 330 g/mol. The quantitative estimate of drug-likeness (QED) is 0.738. The van der Waals surface area contributed by atoms with Crippen molar-refractivity contribution in [2.24, 2.45) is 5.92 Å². The van der Waals surface area contributed by atoms with Gasteiger partial charge in [-0.05, 0) is 30.9 Å². The molecule has 1 saturated carbocycles. The molecule has 4 nitrogen and oxygen atoms in total. The molecule has 0 amide bonds. The van der Waals surface area contributed by atoms with Gasteiger partial charge in [-0.3, -0.25) is 14.3 Å². The monoisotopic (exact) mass is 329 g/mol. The van der Waals surface area contributed by atoms with E-state index in [1.54, 1.807) is 18.2 Å². The number of hydrogen-bond donors (Lipinski definition) is 0. The van der Waals surface area contributed by atoms with Gasteiger partial charge >= 0.3 is 0 Å². The molecule has 3 aromatic rings. The third-order valence-electron chi connectivity index (χ3n) is 4.03. The van der Waals surface area contributed by atoms with Gasteiger partial charge in [-0.15, -0.1) is 0 Å². The molecule has 1 aliphatic rings. The molecule has 0 aliphatic heterocycles. The Morgan fingerprint density at radius 2 is 2.13 bits per heavy atom. The van der Waals surface area contributed by atoms with Gasteiger partial charge in [0.1, 0.15) is 11.6 Å². The molecule has 0 spiro atoms. The molecule has 1 aliphatic carbocycles. The predicted molar refractivity (Wildman–Crippen MR) is 86.5 cm³/mol. The van der Waals surface area contributed by atoms with E-state index in [1.165, 1.54) is 16.8 Å². The summed E-state index contributed by atoms with van der Waals surface area (Å²) in [5, 5.41) is 0.689. The summed E-state index contributed by atoms with van der Waals surface area (Å²) in [5.41, 5.74) is 0.655. The summed E-state index contributed by atoms with van der Waals surface area (Å²) in [6.45, 7) is 0. The third kappa shape index (κ3) is 2.61. The number of fused-ring (bicyclic) bond motifs is 1. The Morgan fingerprint density at radius 3 is 2.87 bits per heavy atom. The van der Waals surface area contributed by atoms with E-state index in [1.807, 2.05) is 0 Å². The van der Waals surface area contributed by atoms with Gasteiger partial charge in [0.25, 0.3) is 5.56 Å². The van der Waals surface area contributed by atoms with Crippen molar-refractivity contribution in [3.63, 3.8) is 0 Å². The Labute approximate surface area is 136 Å². The summed E-state index contributed by atoms with van der Waals surface area (Å²) in [7, 11) is 0. The lowest BCUT2D eigenvalue weighted by Gasteiger charge is -2.13. The smallest absolute Gasteiger partial charge is 0.267 e. The molecule has 0 radical (unpaired) electrons. The van der Waals surface area contributed by atoms with Crippen LogP contribution in [-0.4, -0.2) is 14.5 Å². The van der Waals surface area contributed by atoms with Crippen LogP contribution in [0.3, 0.4) is 0 Å². The molecular weight excluding hydrogens is 317 g/mol. The summed E-state index contributed by atoms with van der Waals surface area (Å²) in [6.07, 6.45) is 5.52. The Balaban J connectivity index is 2.04. The fraction of sp³-hybridized carbons (Fsp3) is 0.235. The topological polar surface area (TPSA) is 47.8 Å². The van der Waals surface area contributed by atoms with Crippen molar-refractivity contribution < 1.29 is 4.39 Å². The van der Waals surface area contributed by atoms with Gasteiger partial charge in [0.15, 0.2) is 0 Å². The highest BCUT2D eigenvalue weighted by atomic mass is 35.5. The highest BCUT2D eigenvalue weighted by molar-refractivity contribution is 6.35. The second kappa shape index (κ2) is 5.42. The number of hydrogen-bond acceptors (Lipinski definition) is 3. The van der Waals surface area contributed by atoms with E-state index in [0.717, 1.165) is 19.0 Å². The van der Waals surface area contributed by atoms with Crippen LogP contribution < -0.4 is 5.56 Å². The van der Waals surface area contributed by atoms with Gasteiger partial charge in [-0.25, -0.2) is 9.37 Å². The standard InChI is InChI=1S/C17H13ClFN3O/c18-13-2-1-3-14-16(13)17(23)22(12-7-11(19)8-20-9-12)15(21-14)6-10-4-5-10/h1-3,7-10H,4-6H2. The molecule has 2 aromatic heterocycles.